The molecule has 0 bridgehead atoms. The van der Waals surface area contributed by atoms with Crippen LogP contribution in [0.15, 0.2) is 36.4 Å². The molecule has 1 N–H and O–H groups in total. The minimum atomic E-state index is -0.123. The summed E-state index contributed by atoms with van der Waals surface area (Å²) in [5.74, 6) is 0.0645. The van der Waals surface area contributed by atoms with Gasteiger partial charge in [-0.3, -0.25) is 9.59 Å². The molecule has 126 valence electrons. The zero-order chi connectivity index (χ0) is 17.1. The Balaban J connectivity index is 1.66. The number of carbonyl (C=O) groups is 2. The average molecular weight is 363 g/mol. The second-order valence-corrected chi connectivity index (χ2v) is 7.70. The molecule has 1 aromatic heterocycles. The lowest BCUT2D eigenvalue weighted by molar-refractivity contribution is -0.128. The van der Waals surface area contributed by atoms with Gasteiger partial charge < -0.3 is 10.2 Å². The highest BCUT2D eigenvalue weighted by molar-refractivity contribution is 7.16. The van der Waals surface area contributed by atoms with Crippen molar-refractivity contribution in [3.05, 3.63) is 56.7 Å². The van der Waals surface area contributed by atoms with E-state index in [1.165, 1.54) is 11.3 Å². The molecule has 0 saturated carbocycles. The molecule has 1 aliphatic heterocycles. The summed E-state index contributed by atoms with van der Waals surface area (Å²) in [6.45, 7) is 3.30. The van der Waals surface area contributed by atoms with E-state index in [1.54, 1.807) is 6.07 Å². The highest BCUT2D eigenvalue weighted by Crippen LogP contribution is 2.26. The van der Waals surface area contributed by atoms with Crippen molar-refractivity contribution in [1.82, 2.24) is 10.2 Å². The summed E-state index contributed by atoms with van der Waals surface area (Å²) in [5.41, 5.74) is 1.58. The van der Waals surface area contributed by atoms with Crippen molar-refractivity contribution in [1.29, 1.82) is 0 Å². The van der Waals surface area contributed by atoms with E-state index in [-0.39, 0.29) is 17.9 Å². The zero-order valence-electron chi connectivity index (χ0n) is 13.4. The largest absolute Gasteiger partial charge is 0.345 e. The number of hydrogen-bond donors (Lipinski definition) is 1. The van der Waals surface area contributed by atoms with Gasteiger partial charge in [0.1, 0.15) is 0 Å². The monoisotopic (exact) mass is 362 g/mol. The second kappa shape index (κ2) is 7.36. The molecule has 0 unspecified atom stereocenters. The van der Waals surface area contributed by atoms with Gasteiger partial charge in [0.05, 0.1) is 10.4 Å². The lowest BCUT2D eigenvalue weighted by Gasteiger charge is -2.16. The van der Waals surface area contributed by atoms with E-state index in [0.717, 1.165) is 23.4 Å². The Labute approximate surface area is 150 Å². The second-order valence-electron chi connectivity index (χ2n) is 5.96. The van der Waals surface area contributed by atoms with Crippen LogP contribution in [0.2, 0.25) is 4.34 Å². The van der Waals surface area contributed by atoms with E-state index >= 15 is 0 Å². The molecule has 24 heavy (non-hydrogen) atoms. The number of rotatable bonds is 5. The highest BCUT2D eigenvalue weighted by Gasteiger charge is 2.20. The van der Waals surface area contributed by atoms with Gasteiger partial charge in [-0.05, 0) is 43.2 Å². The summed E-state index contributed by atoms with van der Waals surface area (Å²) < 4.78 is 0.711. The molecule has 1 fully saturated rings. The van der Waals surface area contributed by atoms with E-state index in [4.69, 9.17) is 11.6 Å². The molecule has 2 amide bonds. The first-order valence-corrected chi connectivity index (χ1v) is 9.15. The number of nitrogens with one attached hydrogen (secondary N) is 1. The van der Waals surface area contributed by atoms with E-state index in [2.05, 4.69) is 5.32 Å². The van der Waals surface area contributed by atoms with Crippen molar-refractivity contribution in [2.75, 3.05) is 6.54 Å². The number of likely N-dealkylation sites (tertiary alicyclic amines) is 1. The van der Waals surface area contributed by atoms with Crippen molar-refractivity contribution in [2.24, 2.45) is 0 Å². The first kappa shape index (κ1) is 17.0. The molecule has 0 spiro atoms. The summed E-state index contributed by atoms with van der Waals surface area (Å²) in [5, 5.41) is 2.99. The molecule has 0 radical (unpaired) electrons. The number of hydrogen-bond acceptors (Lipinski definition) is 3. The van der Waals surface area contributed by atoms with Crippen LogP contribution in [0.4, 0.5) is 0 Å². The Kier molecular flexibility index (Phi) is 5.21. The third kappa shape index (κ3) is 3.97. The van der Waals surface area contributed by atoms with Gasteiger partial charge in [-0.2, -0.15) is 0 Å². The summed E-state index contributed by atoms with van der Waals surface area (Å²) in [6, 6.07) is 11.1. The van der Waals surface area contributed by atoms with Crippen molar-refractivity contribution < 1.29 is 9.59 Å². The molecule has 2 heterocycles. The molecule has 3 rings (SSSR count). The number of thiophene rings is 1. The Bertz CT molecular complexity index is 759. The van der Waals surface area contributed by atoms with E-state index < -0.39 is 0 Å². The van der Waals surface area contributed by atoms with Crippen LogP contribution in [0.25, 0.3) is 0 Å². The topological polar surface area (TPSA) is 49.4 Å². The predicted octanol–water partition coefficient (Wildman–Crippen LogP) is 4.01. The maximum absolute atomic E-state index is 12.5. The Morgan fingerprint density at radius 2 is 2.21 bits per heavy atom. The van der Waals surface area contributed by atoms with Crippen LogP contribution in [0, 0.1) is 0 Å². The fourth-order valence-corrected chi connectivity index (χ4v) is 3.88. The van der Waals surface area contributed by atoms with E-state index in [0.29, 0.717) is 22.9 Å². The van der Waals surface area contributed by atoms with Gasteiger partial charge in [0.15, 0.2) is 0 Å². The molecule has 4 nitrogen and oxygen atoms in total. The molecule has 1 aromatic carbocycles. The van der Waals surface area contributed by atoms with Crippen LogP contribution < -0.4 is 5.32 Å². The normalized spacial score (nSPS) is 15.6. The van der Waals surface area contributed by atoms with Crippen LogP contribution in [-0.2, 0) is 11.3 Å². The molecule has 6 heteroatoms. The maximum atomic E-state index is 12.5. The molecule has 1 atom stereocenters. The molecule has 1 aliphatic rings. The van der Waals surface area contributed by atoms with E-state index in [1.807, 2.05) is 42.2 Å². The minimum Gasteiger partial charge on any atom is -0.345 e. The van der Waals surface area contributed by atoms with Crippen molar-refractivity contribution >= 4 is 34.8 Å². The number of benzene rings is 1. The molecule has 0 aliphatic carbocycles. The predicted molar refractivity (Wildman–Crippen MR) is 96.3 cm³/mol. The lowest BCUT2D eigenvalue weighted by atomic mass is 10.1. The van der Waals surface area contributed by atoms with Gasteiger partial charge in [0.25, 0.3) is 5.91 Å². The third-order valence-corrected chi connectivity index (χ3v) is 5.52. The van der Waals surface area contributed by atoms with Crippen LogP contribution in [0.5, 0.6) is 0 Å². The Hall–Kier alpha value is -1.85. The van der Waals surface area contributed by atoms with Crippen LogP contribution in [-0.4, -0.2) is 23.3 Å². The number of amides is 2. The molecular formula is C18H19ClN2O2S. The smallest absolute Gasteiger partial charge is 0.251 e. The van der Waals surface area contributed by atoms with Crippen LogP contribution in [0.1, 0.15) is 46.6 Å². The van der Waals surface area contributed by atoms with Gasteiger partial charge in [-0.1, -0.05) is 23.7 Å². The summed E-state index contributed by atoms with van der Waals surface area (Å²) >= 11 is 7.41. The molecule has 1 saturated heterocycles. The standard InChI is InChI=1S/C18H19ClN2O2S/c1-12(15-7-8-16(19)24-15)20-18(23)14-5-2-4-13(10-14)11-21-9-3-6-17(21)22/h2,4-5,7-8,10,12H,3,6,9,11H2,1H3,(H,20,23)/t12-/m0/s1. The fraction of sp³-hybridized carbons (Fsp3) is 0.333. The first-order valence-electron chi connectivity index (χ1n) is 7.96. The fourth-order valence-electron chi connectivity index (χ4n) is 2.81. The van der Waals surface area contributed by atoms with Crippen molar-refractivity contribution in [3.8, 4) is 0 Å². The minimum absolute atomic E-state index is 0.0983. The summed E-state index contributed by atoms with van der Waals surface area (Å²) in [4.78, 5) is 27.1. The maximum Gasteiger partial charge on any atom is 0.251 e. The van der Waals surface area contributed by atoms with Crippen LogP contribution in [0.3, 0.4) is 0 Å². The van der Waals surface area contributed by atoms with Gasteiger partial charge in [0, 0.05) is 30.0 Å². The van der Waals surface area contributed by atoms with Gasteiger partial charge in [-0.25, -0.2) is 0 Å². The third-order valence-electron chi connectivity index (χ3n) is 4.10. The SMILES string of the molecule is C[C@H](NC(=O)c1cccc(CN2CCCC2=O)c1)c1ccc(Cl)s1. The van der Waals surface area contributed by atoms with Crippen molar-refractivity contribution in [2.45, 2.75) is 32.4 Å². The van der Waals surface area contributed by atoms with Crippen molar-refractivity contribution in [3.63, 3.8) is 0 Å². The highest BCUT2D eigenvalue weighted by atomic mass is 35.5. The number of nitrogens with zero attached hydrogens (tertiary/aromatic N) is 1. The Morgan fingerprint density at radius 3 is 2.88 bits per heavy atom. The van der Waals surface area contributed by atoms with E-state index in [9.17, 15) is 9.59 Å². The molecule has 2 aromatic rings. The average Bonchev–Trinajstić information content (AvgIpc) is 3.17. The van der Waals surface area contributed by atoms with Crippen LogP contribution >= 0.6 is 22.9 Å². The molecular weight excluding hydrogens is 344 g/mol. The first-order chi connectivity index (χ1) is 11.5. The lowest BCUT2D eigenvalue weighted by Crippen LogP contribution is -2.27. The zero-order valence-corrected chi connectivity index (χ0v) is 15.0. The summed E-state index contributed by atoms with van der Waals surface area (Å²) in [6.07, 6.45) is 1.54. The number of carbonyl (C=O) groups excluding carboxylic acids is 2. The van der Waals surface area contributed by atoms with Gasteiger partial charge in [0.2, 0.25) is 5.91 Å². The Morgan fingerprint density at radius 1 is 1.38 bits per heavy atom. The summed E-state index contributed by atoms with van der Waals surface area (Å²) in [7, 11) is 0. The van der Waals surface area contributed by atoms with Gasteiger partial charge in [-0.15, -0.1) is 11.3 Å². The number of halogens is 1. The quantitative estimate of drug-likeness (QED) is 0.873. The van der Waals surface area contributed by atoms with Gasteiger partial charge >= 0.3 is 0 Å².